The van der Waals surface area contributed by atoms with E-state index >= 15 is 0 Å². The van der Waals surface area contributed by atoms with E-state index in [2.05, 4.69) is 13.8 Å². The third-order valence-electron chi connectivity index (χ3n) is 4.10. The monoisotopic (exact) mass is 328 g/mol. The van der Waals surface area contributed by atoms with Gasteiger partial charge in [0.15, 0.2) is 0 Å². The van der Waals surface area contributed by atoms with Crippen LogP contribution in [0.4, 0.5) is 0 Å². The Labute approximate surface area is 142 Å². The molecule has 0 N–H and O–H groups in total. The summed E-state index contributed by atoms with van der Waals surface area (Å²) >= 11 is 0. The normalized spacial score (nSPS) is 12.2. The van der Waals surface area contributed by atoms with Crippen LogP contribution in [0.25, 0.3) is 0 Å². The average molecular weight is 328 g/mol. The number of rotatable bonds is 14. The Balaban J connectivity index is 3.56. The van der Waals surface area contributed by atoms with Crippen LogP contribution in [0.5, 0.6) is 0 Å². The molecular formula is C19H36O4. The smallest absolute Gasteiger partial charge is 0.309 e. The Kier molecular flexibility index (Phi) is 13.9. The van der Waals surface area contributed by atoms with E-state index in [0.29, 0.717) is 25.6 Å². The van der Waals surface area contributed by atoms with E-state index < -0.39 is 0 Å². The second-order valence-electron chi connectivity index (χ2n) is 6.42. The summed E-state index contributed by atoms with van der Waals surface area (Å²) in [6, 6.07) is 0. The van der Waals surface area contributed by atoms with Crippen LogP contribution in [0.2, 0.25) is 0 Å². The molecule has 1 unspecified atom stereocenters. The molecule has 0 spiro atoms. The minimum absolute atomic E-state index is 0.0403. The van der Waals surface area contributed by atoms with Crippen LogP contribution >= 0.6 is 0 Å². The van der Waals surface area contributed by atoms with Gasteiger partial charge in [0, 0.05) is 6.42 Å². The summed E-state index contributed by atoms with van der Waals surface area (Å²) in [7, 11) is 0. The topological polar surface area (TPSA) is 52.6 Å². The maximum Gasteiger partial charge on any atom is 0.309 e. The predicted octanol–water partition coefficient (Wildman–Crippen LogP) is 4.90. The van der Waals surface area contributed by atoms with E-state index in [0.717, 1.165) is 25.7 Å². The maximum atomic E-state index is 11.9. The highest BCUT2D eigenvalue weighted by Crippen LogP contribution is 2.21. The first-order valence-corrected chi connectivity index (χ1v) is 9.35. The Bertz CT molecular complexity index is 312. The third kappa shape index (κ3) is 12.1. The highest BCUT2D eigenvalue weighted by molar-refractivity contribution is 5.72. The predicted molar refractivity (Wildman–Crippen MR) is 93.1 cm³/mol. The molecule has 0 aliphatic heterocycles. The molecule has 0 saturated carbocycles. The lowest BCUT2D eigenvalue weighted by atomic mass is 9.90. The Morgan fingerprint density at radius 1 is 0.783 bits per heavy atom. The lowest BCUT2D eigenvalue weighted by molar-refractivity contribution is -0.150. The lowest BCUT2D eigenvalue weighted by Crippen LogP contribution is -2.22. The van der Waals surface area contributed by atoms with E-state index in [1.807, 2.05) is 13.8 Å². The van der Waals surface area contributed by atoms with Crippen molar-refractivity contribution >= 4 is 11.9 Å². The number of hydrogen-bond acceptors (Lipinski definition) is 4. The minimum Gasteiger partial charge on any atom is -0.466 e. The molecule has 136 valence electrons. The van der Waals surface area contributed by atoms with Crippen LogP contribution in [-0.4, -0.2) is 25.2 Å². The van der Waals surface area contributed by atoms with E-state index in [1.165, 1.54) is 25.7 Å². The Morgan fingerprint density at radius 3 is 1.83 bits per heavy atom. The van der Waals surface area contributed by atoms with E-state index in [-0.39, 0.29) is 17.9 Å². The molecule has 4 heteroatoms. The summed E-state index contributed by atoms with van der Waals surface area (Å²) in [6.45, 7) is 8.81. The number of ether oxygens (including phenoxy) is 2. The molecule has 0 amide bonds. The van der Waals surface area contributed by atoms with Gasteiger partial charge in [0.25, 0.3) is 0 Å². The van der Waals surface area contributed by atoms with E-state index in [9.17, 15) is 9.59 Å². The highest BCUT2D eigenvalue weighted by atomic mass is 16.5. The van der Waals surface area contributed by atoms with Gasteiger partial charge in [0.1, 0.15) is 0 Å². The SMILES string of the molecule is CCOC(=O)CCCCCCCCCC(C(=O)OCC)C(C)C. The van der Waals surface area contributed by atoms with Crippen molar-refractivity contribution < 1.29 is 19.1 Å². The summed E-state index contributed by atoms with van der Waals surface area (Å²) in [6.07, 6.45) is 9.33. The van der Waals surface area contributed by atoms with Gasteiger partial charge < -0.3 is 9.47 Å². The molecule has 0 bridgehead atoms. The molecule has 0 fully saturated rings. The molecule has 0 rings (SSSR count). The molecule has 0 saturated heterocycles. The fraction of sp³-hybridized carbons (Fsp3) is 0.895. The number of hydrogen-bond donors (Lipinski definition) is 0. The second kappa shape index (κ2) is 14.5. The van der Waals surface area contributed by atoms with Crippen LogP contribution in [-0.2, 0) is 19.1 Å². The summed E-state index contributed by atoms with van der Waals surface area (Å²) in [4.78, 5) is 23.0. The van der Waals surface area contributed by atoms with Gasteiger partial charge in [-0.25, -0.2) is 0 Å². The van der Waals surface area contributed by atoms with Crippen molar-refractivity contribution in [3.8, 4) is 0 Å². The number of unbranched alkanes of at least 4 members (excludes halogenated alkanes) is 6. The van der Waals surface area contributed by atoms with Crippen molar-refractivity contribution in [3.63, 3.8) is 0 Å². The largest absolute Gasteiger partial charge is 0.466 e. The van der Waals surface area contributed by atoms with Crippen LogP contribution in [0, 0.1) is 11.8 Å². The summed E-state index contributed by atoms with van der Waals surface area (Å²) < 4.78 is 10.1. The zero-order chi connectivity index (χ0) is 17.5. The van der Waals surface area contributed by atoms with Crippen molar-refractivity contribution in [1.82, 2.24) is 0 Å². The summed E-state index contributed by atoms with van der Waals surface area (Å²) in [5.74, 6) is 0.268. The molecule has 0 radical (unpaired) electrons. The zero-order valence-electron chi connectivity index (χ0n) is 15.6. The van der Waals surface area contributed by atoms with Crippen molar-refractivity contribution in [3.05, 3.63) is 0 Å². The van der Waals surface area contributed by atoms with Crippen LogP contribution in [0.3, 0.4) is 0 Å². The fourth-order valence-electron chi connectivity index (χ4n) is 2.72. The first kappa shape index (κ1) is 21.9. The molecule has 0 aliphatic rings. The standard InChI is InChI=1S/C19H36O4/c1-5-22-18(20)15-13-11-9-7-8-10-12-14-17(16(3)4)19(21)23-6-2/h16-17H,5-15H2,1-4H3. The molecular weight excluding hydrogens is 292 g/mol. The van der Waals surface area contributed by atoms with Crippen molar-refractivity contribution in [2.75, 3.05) is 13.2 Å². The first-order chi connectivity index (χ1) is 11.0. The van der Waals surface area contributed by atoms with Crippen molar-refractivity contribution in [2.45, 2.75) is 85.5 Å². The fourth-order valence-corrected chi connectivity index (χ4v) is 2.72. The molecule has 1 atom stereocenters. The van der Waals surface area contributed by atoms with E-state index in [1.54, 1.807) is 0 Å². The van der Waals surface area contributed by atoms with Gasteiger partial charge in [0.05, 0.1) is 19.1 Å². The Morgan fingerprint density at radius 2 is 1.30 bits per heavy atom. The number of esters is 2. The van der Waals surface area contributed by atoms with Gasteiger partial charge in [-0.1, -0.05) is 52.4 Å². The minimum atomic E-state index is -0.0776. The molecule has 0 aromatic rings. The van der Waals surface area contributed by atoms with Gasteiger partial charge in [0.2, 0.25) is 0 Å². The van der Waals surface area contributed by atoms with Crippen LogP contribution in [0.15, 0.2) is 0 Å². The zero-order valence-corrected chi connectivity index (χ0v) is 15.6. The van der Waals surface area contributed by atoms with Crippen LogP contribution in [0.1, 0.15) is 85.5 Å². The molecule has 0 aromatic heterocycles. The second-order valence-corrected chi connectivity index (χ2v) is 6.42. The Hall–Kier alpha value is -1.06. The van der Waals surface area contributed by atoms with Crippen LogP contribution < -0.4 is 0 Å². The number of carbonyl (C=O) groups excluding carboxylic acids is 2. The van der Waals surface area contributed by atoms with Gasteiger partial charge >= 0.3 is 11.9 Å². The van der Waals surface area contributed by atoms with Gasteiger partial charge in [-0.15, -0.1) is 0 Å². The summed E-state index contributed by atoms with van der Waals surface area (Å²) in [5.41, 5.74) is 0. The highest BCUT2D eigenvalue weighted by Gasteiger charge is 2.22. The third-order valence-corrected chi connectivity index (χ3v) is 4.10. The van der Waals surface area contributed by atoms with E-state index in [4.69, 9.17) is 9.47 Å². The lowest BCUT2D eigenvalue weighted by Gasteiger charge is -2.18. The van der Waals surface area contributed by atoms with Gasteiger partial charge in [-0.3, -0.25) is 9.59 Å². The van der Waals surface area contributed by atoms with Gasteiger partial charge in [-0.05, 0) is 32.6 Å². The van der Waals surface area contributed by atoms with Gasteiger partial charge in [-0.2, -0.15) is 0 Å². The average Bonchev–Trinajstić information content (AvgIpc) is 2.49. The quantitative estimate of drug-likeness (QED) is 0.336. The van der Waals surface area contributed by atoms with Crippen molar-refractivity contribution in [1.29, 1.82) is 0 Å². The molecule has 0 aromatic carbocycles. The maximum absolute atomic E-state index is 11.9. The molecule has 4 nitrogen and oxygen atoms in total. The molecule has 23 heavy (non-hydrogen) atoms. The summed E-state index contributed by atoms with van der Waals surface area (Å²) in [5, 5.41) is 0. The molecule has 0 aliphatic carbocycles. The number of carbonyl (C=O) groups is 2. The van der Waals surface area contributed by atoms with Crippen molar-refractivity contribution in [2.24, 2.45) is 11.8 Å². The first-order valence-electron chi connectivity index (χ1n) is 9.35. The molecule has 0 heterocycles.